The first-order valence-corrected chi connectivity index (χ1v) is 7.66. The summed E-state index contributed by atoms with van der Waals surface area (Å²) in [5.41, 5.74) is 1.60. The van der Waals surface area contributed by atoms with Crippen LogP contribution in [0.15, 0.2) is 27.8 Å². The summed E-state index contributed by atoms with van der Waals surface area (Å²) in [6.45, 7) is 6.17. The second-order valence-corrected chi connectivity index (χ2v) is 5.61. The molecule has 7 heteroatoms. The van der Waals surface area contributed by atoms with Gasteiger partial charge in [-0.15, -0.1) is 0 Å². The summed E-state index contributed by atoms with van der Waals surface area (Å²) in [5, 5.41) is 2.70. The third kappa shape index (κ3) is 4.34. The Labute approximate surface area is 139 Å². The van der Waals surface area contributed by atoms with Crippen LogP contribution in [0.25, 0.3) is 0 Å². The first kappa shape index (κ1) is 17.5. The highest BCUT2D eigenvalue weighted by molar-refractivity contribution is 5.78. The van der Waals surface area contributed by atoms with Crippen molar-refractivity contribution >= 4 is 5.91 Å². The molecule has 2 rings (SSSR count). The van der Waals surface area contributed by atoms with E-state index in [9.17, 15) is 14.4 Å². The van der Waals surface area contributed by atoms with E-state index in [1.54, 1.807) is 6.92 Å². The Morgan fingerprint density at radius 2 is 1.79 bits per heavy atom. The number of amides is 1. The van der Waals surface area contributed by atoms with Gasteiger partial charge in [-0.25, -0.2) is 4.79 Å². The first-order chi connectivity index (χ1) is 11.4. The smallest absolute Gasteiger partial charge is 0.325 e. The second-order valence-electron chi connectivity index (χ2n) is 5.61. The molecule has 128 valence electrons. The normalized spacial score (nSPS) is 10.5. The highest BCUT2D eigenvalue weighted by Crippen LogP contribution is 2.21. The van der Waals surface area contributed by atoms with Crippen molar-refractivity contribution in [1.29, 1.82) is 0 Å². The minimum absolute atomic E-state index is 0.0959. The van der Waals surface area contributed by atoms with Gasteiger partial charge in [-0.3, -0.25) is 14.6 Å². The minimum Gasteiger partial charge on any atom is -0.491 e. The van der Waals surface area contributed by atoms with E-state index in [2.05, 4.69) is 15.3 Å². The lowest BCUT2D eigenvalue weighted by atomic mass is 10.1. The number of ether oxygens (including phenoxy) is 1. The monoisotopic (exact) mass is 331 g/mol. The molecule has 0 fully saturated rings. The zero-order chi connectivity index (χ0) is 17.7. The number of hydrogen-bond donors (Lipinski definition) is 3. The third-order valence-electron chi connectivity index (χ3n) is 3.67. The first-order valence-electron chi connectivity index (χ1n) is 7.66. The van der Waals surface area contributed by atoms with E-state index in [-0.39, 0.29) is 17.9 Å². The van der Waals surface area contributed by atoms with Gasteiger partial charge in [0.2, 0.25) is 5.91 Å². The molecule has 0 atom stereocenters. The number of aromatic nitrogens is 2. The summed E-state index contributed by atoms with van der Waals surface area (Å²) >= 11 is 0. The van der Waals surface area contributed by atoms with Crippen molar-refractivity contribution in [2.24, 2.45) is 0 Å². The lowest BCUT2D eigenvalue weighted by Gasteiger charge is -2.12. The highest BCUT2D eigenvalue weighted by atomic mass is 16.5. The summed E-state index contributed by atoms with van der Waals surface area (Å²) in [5.74, 6) is 0.514. The molecule has 7 nitrogen and oxygen atoms in total. The lowest BCUT2D eigenvalue weighted by molar-refractivity contribution is -0.120. The molecule has 1 aromatic heterocycles. The Morgan fingerprint density at radius 1 is 1.12 bits per heavy atom. The van der Waals surface area contributed by atoms with E-state index in [1.165, 1.54) is 0 Å². The average Bonchev–Trinajstić information content (AvgIpc) is 2.49. The van der Waals surface area contributed by atoms with Crippen LogP contribution in [-0.4, -0.2) is 29.0 Å². The van der Waals surface area contributed by atoms with Crippen LogP contribution in [0.4, 0.5) is 0 Å². The van der Waals surface area contributed by atoms with Gasteiger partial charge in [0, 0.05) is 11.3 Å². The molecule has 0 saturated heterocycles. The highest BCUT2D eigenvalue weighted by Gasteiger charge is 2.11. The molecule has 0 bridgehead atoms. The van der Waals surface area contributed by atoms with E-state index in [1.807, 2.05) is 32.0 Å². The molecule has 2 aromatic rings. The number of carbonyl (C=O) groups is 1. The van der Waals surface area contributed by atoms with Crippen molar-refractivity contribution < 1.29 is 9.53 Å². The quantitative estimate of drug-likeness (QED) is 0.679. The van der Waals surface area contributed by atoms with E-state index in [0.717, 1.165) is 16.9 Å². The molecule has 3 N–H and O–H groups in total. The Kier molecular flexibility index (Phi) is 5.57. The molecule has 0 aliphatic carbocycles. The summed E-state index contributed by atoms with van der Waals surface area (Å²) in [7, 11) is 0. The Morgan fingerprint density at radius 3 is 2.42 bits per heavy atom. The van der Waals surface area contributed by atoms with Gasteiger partial charge in [0.05, 0.1) is 13.0 Å². The predicted octanol–water partition coefficient (Wildman–Crippen LogP) is 0.726. The van der Waals surface area contributed by atoms with Crippen LogP contribution < -0.4 is 21.3 Å². The van der Waals surface area contributed by atoms with Crippen LogP contribution in [0.3, 0.4) is 0 Å². The Bertz CT molecular complexity index is 831. The maximum absolute atomic E-state index is 11.9. The minimum atomic E-state index is -0.580. The molecule has 0 aliphatic heterocycles. The summed E-state index contributed by atoms with van der Waals surface area (Å²) in [4.78, 5) is 39.3. The van der Waals surface area contributed by atoms with E-state index >= 15 is 0 Å². The molecule has 0 unspecified atom stereocenters. The lowest BCUT2D eigenvalue weighted by Crippen LogP contribution is -2.34. The van der Waals surface area contributed by atoms with Gasteiger partial charge in [0.25, 0.3) is 5.56 Å². The summed E-state index contributed by atoms with van der Waals surface area (Å²) < 4.78 is 5.70. The van der Waals surface area contributed by atoms with E-state index in [0.29, 0.717) is 18.8 Å². The van der Waals surface area contributed by atoms with Crippen LogP contribution in [0, 0.1) is 20.8 Å². The SMILES string of the molecule is Cc1cccc(C)c1OCCNC(=O)Cc1c(C)[nH]c(=O)[nH]c1=O. The summed E-state index contributed by atoms with van der Waals surface area (Å²) in [6.07, 6.45) is -0.0959. The van der Waals surface area contributed by atoms with Crippen molar-refractivity contribution in [3.8, 4) is 5.75 Å². The number of benzene rings is 1. The molecule has 24 heavy (non-hydrogen) atoms. The van der Waals surface area contributed by atoms with Crippen molar-refractivity contribution in [2.75, 3.05) is 13.2 Å². The topological polar surface area (TPSA) is 104 Å². The molecular weight excluding hydrogens is 310 g/mol. The zero-order valence-corrected chi connectivity index (χ0v) is 14.0. The standard InChI is InChI=1S/C17H21N3O4/c1-10-5-4-6-11(2)15(10)24-8-7-18-14(21)9-13-12(3)19-17(23)20-16(13)22/h4-6H,7-9H2,1-3H3,(H,18,21)(H2,19,20,22,23). The number of H-pyrrole nitrogens is 2. The van der Waals surface area contributed by atoms with Crippen molar-refractivity contribution in [3.05, 3.63) is 61.4 Å². The van der Waals surface area contributed by atoms with E-state index in [4.69, 9.17) is 4.74 Å². The predicted molar refractivity (Wildman–Crippen MR) is 90.5 cm³/mol. The molecule has 1 amide bonds. The van der Waals surface area contributed by atoms with Gasteiger partial charge in [-0.05, 0) is 31.9 Å². The number of aromatic amines is 2. The third-order valence-corrected chi connectivity index (χ3v) is 3.67. The molecule has 1 heterocycles. The second kappa shape index (κ2) is 7.63. The average molecular weight is 331 g/mol. The van der Waals surface area contributed by atoms with Gasteiger partial charge in [-0.1, -0.05) is 18.2 Å². The van der Waals surface area contributed by atoms with Gasteiger partial charge in [0.1, 0.15) is 12.4 Å². The molecule has 1 aromatic carbocycles. The number of rotatable bonds is 6. The number of nitrogens with one attached hydrogen (secondary N) is 3. The van der Waals surface area contributed by atoms with Crippen LogP contribution in [0.5, 0.6) is 5.75 Å². The number of aryl methyl sites for hydroxylation is 3. The van der Waals surface area contributed by atoms with Crippen LogP contribution in [0.1, 0.15) is 22.4 Å². The van der Waals surface area contributed by atoms with Crippen LogP contribution in [-0.2, 0) is 11.2 Å². The number of hydrogen-bond acceptors (Lipinski definition) is 4. The fourth-order valence-electron chi connectivity index (χ4n) is 2.43. The van der Waals surface area contributed by atoms with Gasteiger partial charge < -0.3 is 15.0 Å². The molecule has 0 radical (unpaired) electrons. The largest absolute Gasteiger partial charge is 0.491 e. The van der Waals surface area contributed by atoms with Crippen LogP contribution >= 0.6 is 0 Å². The van der Waals surface area contributed by atoms with Gasteiger partial charge in [-0.2, -0.15) is 0 Å². The molecular formula is C17H21N3O4. The van der Waals surface area contributed by atoms with Crippen molar-refractivity contribution in [2.45, 2.75) is 27.2 Å². The number of para-hydroxylation sites is 1. The summed E-state index contributed by atoms with van der Waals surface area (Å²) in [6, 6.07) is 5.89. The number of carbonyl (C=O) groups excluding carboxylic acids is 1. The van der Waals surface area contributed by atoms with Crippen molar-refractivity contribution in [3.63, 3.8) is 0 Å². The molecule has 0 spiro atoms. The van der Waals surface area contributed by atoms with Gasteiger partial charge >= 0.3 is 5.69 Å². The maximum atomic E-state index is 11.9. The van der Waals surface area contributed by atoms with Crippen molar-refractivity contribution in [1.82, 2.24) is 15.3 Å². The fraction of sp³-hybridized carbons (Fsp3) is 0.353. The fourth-order valence-corrected chi connectivity index (χ4v) is 2.43. The van der Waals surface area contributed by atoms with E-state index < -0.39 is 11.2 Å². The zero-order valence-electron chi connectivity index (χ0n) is 14.0. The maximum Gasteiger partial charge on any atom is 0.325 e. The Hall–Kier alpha value is -2.83. The van der Waals surface area contributed by atoms with Crippen LogP contribution in [0.2, 0.25) is 0 Å². The van der Waals surface area contributed by atoms with Gasteiger partial charge in [0.15, 0.2) is 0 Å². The molecule has 0 aliphatic rings. The molecule has 0 saturated carbocycles. The Balaban J connectivity index is 1.86.